The molecule has 0 spiro atoms. The Balaban J connectivity index is 2.52. The molecule has 0 aliphatic rings. The molecular weight excluding hydrogens is 216 g/mol. The Hall–Kier alpha value is -1.81. The van der Waals surface area contributed by atoms with E-state index in [2.05, 4.69) is 0 Å². The average Bonchev–Trinajstić information content (AvgIpc) is 2.65. The molecule has 0 fully saturated rings. The Kier molecular flexibility index (Phi) is 2.90. The minimum atomic E-state index is -0.967. The highest BCUT2D eigenvalue weighted by Crippen LogP contribution is 2.28. The van der Waals surface area contributed by atoms with Crippen LogP contribution in [-0.4, -0.2) is 21.7 Å². The number of nitrogens with two attached hydrogens (primary N) is 1. The molecule has 4 heteroatoms. The average molecular weight is 232 g/mol. The van der Waals surface area contributed by atoms with E-state index in [1.807, 2.05) is 49.0 Å². The zero-order chi connectivity index (χ0) is 12.6. The van der Waals surface area contributed by atoms with E-state index < -0.39 is 12.0 Å². The van der Waals surface area contributed by atoms with E-state index in [1.165, 1.54) is 0 Å². The Bertz CT molecular complexity index is 560. The van der Waals surface area contributed by atoms with Crippen LogP contribution in [0.4, 0.5) is 0 Å². The Morgan fingerprint density at radius 1 is 1.41 bits per heavy atom. The molecule has 90 valence electrons. The number of benzene rings is 1. The predicted molar refractivity (Wildman–Crippen MR) is 66.9 cm³/mol. The molecule has 0 aliphatic carbocycles. The summed E-state index contributed by atoms with van der Waals surface area (Å²) < 4.78 is 2.00. The third-order valence-corrected chi connectivity index (χ3v) is 3.24. The fourth-order valence-corrected chi connectivity index (χ4v) is 2.14. The zero-order valence-corrected chi connectivity index (χ0v) is 9.92. The number of aryl methyl sites for hydroxylation is 1. The maximum atomic E-state index is 10.9. The van der Waals surface area contributed by atoms with Gasteiger partial charge in [0.25, 0.3) is 0 Å². The number of carboxylic acids is 1. The molecule has 0 saturated heterocycles. The van der Waals surface area contributed by atoms with Gasteiger partial charge in [-0.1, -0.05) is 25.1 Å². The topological polar surface area (TPSA) is 68.2 Å². The maximum absolute atomic E-state index is 10.9. The number of aliphatic carboxylic acids is 1. The summed E-state index contributed by atoms with van der Waals surface area (Å²) in [6, 6.07) is 7.05. The van der Waals surface area contributed by atoms with Gasteiger partial charge in [-0.3, -0.25) is 4.79 Å². The Morgan fingerprint density at radius 3 is 2.71 bits per heavy atom. The summed E-state index contributed by atoms with van der Waals surface area (Å²) in [4.78, 5) is 10.9. The molecule has 0 amide bonds. The van der Waals surface area contributed by atoms with Crippen LogP contribution in [-0.2, 0) is 11.8 Å². The molecule has 4 nitrogen and oxygen atoms in total. The third kappa shape index (κ3) is 1.91. The first-order valence-corrected chi connectivity index (χ1v) is 5.54. The van der Waals surface area contributed by atoms with Crippen LogP contribution in [0.1, 0.15) is 18.4 Å². The van der Waals surface area contributed by atoms with Crippen molar-refractivity contribution in [3.05, 3.63) is 36.0 Å². The van der Waals surface area contributed by atoms with E-state index in [1.54, 1.807) is 0 Å². The van der Waals surface area contributed by atoms with Gasteiger partial charge in [0.15, 0.2) is 0 Å². The number of carboxylic acid groups (broad SMARTS) is 1. The minimum absolute atomic E-state index is 0.210. The highest BCUT2D eigenvalue weighted by atomic mass is 16.4. The smallest absolute Gasteiger partial charge is 0.321 e. The van der Waals surface area contributed by atoms with Crippen LogP contribution in [0.15, 0.2) is 30.5 Å². The molecule has 0 radical (unpaired) electrons. The molecule has 0 saturated carbocycles. The van der Waals surface area contributed by atoms with Crippen molar-refractivity contribution in [2.24, 2.45) is 12.8 Å². The van der Waals surface area contributed by atoms with Gasteiger partial charge in [0.1, 0.15) is 6.04 Å². The van der Waals surface area contributed by atoms with E-state index in [4.69, 9.17) is 10.8 Å². The fraction of sp³-hybridized carbons (Fsp3) is 0.308. The molecule has 3 N–H and O–H groups in total. The molecule has 2 atom stereocenters. The molecule has 2 rings (SSSR count). The summed E-state index contributed by atoms with van der Waals surface area (Å²) >= 11 is 0. The number of hydrogen-bond acceptors (Lipinski definition) is 2. The number of carbonyl (C=O) groups is 1. The molecule has 2 aromatic rings. The Labute approximate surface area is 99.7 Å². The van der Waals surface area contributed by atoms with E-state index in [9.17, 15) is 4.79 Å². The van der Waals surface area contributed by atoms with Gasteiger partial charge in [0.2, 0.25) is 0 Å². The number of nitrogens with zero attached hydrogens (tertiary/aromatic N) is 1. The van der Waals surface area contributed by atoms with Crippen molar-refractivity contribution in [3.8, 4) is 0 Å². The monoisotopic (exact) mass is 232 g/mol. The van der Waals surface area contributed by atoms with Gasteiger partial charge in [-0.2, -0.15) is 0 Å². The lowest BCUT2D eigenvalue weighted by molar-refractivity contribution is -0.138. The van der Waals surface area contributed by atoms with Crippen molar-refractivity contribution in [2.45, 2.75) is 18.9 Å². The van der Waals surface area contributed by atoms with E-state index in [0.717, 1.165) is 16.5 Å². The first-order valence-electron chi connectivity index (χ1n) is 5.54. The molecular formula is C13H16N2O2. The van der Waals surface area contributed by atoms with Crippen LogP contribution >= 0.6 is 0 Å². The van der Waals surface area contributed by atoms with Crippen LogP contribution in [0.2, 0.25) is 0 Å². The van der Waals surface area contributed by atoms with Gasteiger partial charge in [0.05, 0.1) is 0 Å². The molecule has 2 unspecified atom stereocenters. The van der Waals surface area contributed by atoms with Crippen LogP contribution in [0.25, 0.3) is 10.9 Å². The van der Waals surface area contributed by atoms with Crippen molar-refractivity contribution in [3.63, 3.8) is 0 Å². The van der Waals surface area contributed by atoms with Crippen molar-refractivity contribution < 1.29 is 9.90 Å². The number of fused-ring (bicyclic) bond motifs is 1. The van der Waals surface area contributed by atoms with E-state index >= 15 is 0 Å². The lowest BCUT2D eigenvalue weighted by atomic mass is 9.93. The second kappa shape index (κ2) is 4.22. The standard InChI is InChI=1S/C13H16N2O2/c1-8(12(14)13(16)17)10-7-15(2)11-6-4-3-5-9(10)11/h3-8,12H,14H2,1-2H3,(H,16,17). The fourth-order valence-electron chi connectivity index (χ4n) is 2.14. The van der Waals surface area contributed by atoms with Gasteiger partial charge in [-0.25, -0.2) is 0 Å². The van der Waals surface area contributed by atoms with Gasteiger partial charge in [0, 0.05) is 30.1 Å². The SMILES string of the molecule is CC(c1cn(C)c2ccccc12)C(N)C(=O)O. The molecule has 1 aromatic heterocycles. The normalized spacial score (nSPS) is 14.8. The van der Waals surface area contributed by atoms with Crippen LogP contribution in [0, 0.1) is 0 Å². The van der Waals surface area contributed by atoms with Crippen molar-refractivity contribution in [1.29, 1.82) is 0 Å². The molecule has 1 heterocycles. The number of para-hydroxylation sites is 1. The van der Waals surface area contributed by atoms with Crippen LogP contribution in [0.3, 0.4) is 0 Å². The second-order valence-electron chi connectivity index (χ2n) is 4.37. The molecule has 0 aliphatic heterocycles. The van der Waals surface area contributed by atoms with Crippen LogP contribution < -0.4 is 5.73 Å². The summed E-state index contributed by atoms with van der Waals surface area (Å²) in [5, 5.41) is 10.0. The number of aromatic nitrogens is 1. The summed E-state index contributed by atoms with van der Waals surface area (Å²) in [7, 11) is 1.95. The van der Waals surface area contributed by atoms with Gasteiger partial charge >= 0.3 is 5.97 Å². The molecule has 1 aromatic carbocycles. The van der Waals surface area contributed by atoms with Crippen LogP contribution in [0.5, 0.6) is 0 Å². The third-order valence-electron chi connectivity index (χ3n) is 3.24. The number of hydrogen-bond donors (Lipinski definition) is 2. The second-order valence-corrected chi connectivity index (χ2v) is 4.37. The van der Waals surface area contributed by atoms with Crippen molar-refractivity contribution in [2.75, 3.05) is 0 Å². The Morgan fingerprint density at radius 2 is 2.06 bits per heavy atom. The minimum Gasteiger partial charge on any atom is -0.480 e. The quantitative estimate of drug-likeness (QED) is 0.846. The first kappa shape index (κ1) is 11.7. The molecule has 0 bridgehead atoms. The van der Waals surface area contributed by atoms with Gasteiger partial charge < -0.3 is 15.4 Å². The van der Waals surface area contributed by atoms with Gasteiger partial charge in [-0.05, 0) is 11.6 Å². The lowest BCUT2D eigenvalue weighted by Crippen LogP contribution is -2.35. The predicted octanol–water partition coefficient (Wildman–Crippen LogP) is 1.69. The van der Waals surface area contributed by atoms with Gasteiger partial charge in [-0.15, -0.1) is 0 Å². The highest BCUT2D eigenvalue weighted by molar-refractivity contribution is 5.85. The molecule has 17 heavy (non-hydrogen) atoms. The van der Waals surface area contributed by atoms with Crippen molar-refractivity contribution in [1.82, 2.24) is 4.57 Å². The van der Waals surface area contributed by atoms with E-state index in [-0.39, 0.29) is 5.92 Å². The first-order chi connectivity index (χ1) is 8.02. The lowest BCUT2D eigenvalue weighted by Gasteiger charge is -2.15. The highest BCUT2D eigenvalue weighted by Gasteiger charge is 2.24. The summed E-state index contributed by atoms with van der Waals surface area (Å²) in [6.07, 6.45) is 1.96. The summed E-state index contributed by atoms with van der Waals surface area (Å²) in [5.41, 5.74) is 7.76. The largest absolute Gasteiger partial charge is 0.480 e. The summed E-state index contributed by atoms with van der Waals surface area (Å²) in [6.45, 7) is 1.85. The maximum Gasteiger partial charge on any atom is 0.321 e. The van der Waals surface area contributed by atoms with E-state index in [0.29, 0.717) is 0 Å². The number of rotatable bonds is 3. The summed E-state index contributed by atoms with van der Waals surface area (Å²) in [5.74, 6) is -1.18. The van der Waals surface area contributed by atoms with Crippen molar-refractivity contribution >= 4 is 16.9 Å². The zero-order valence-electron chi connectivity index (χ0n) is 9.92.